The Bertz CT molecular complexity index is 484. The number of nitrogens with two attached hydrogens (primary N) is 1. The van der Waals surface area contributed by atoms with E-state index >= 15 is 0 Å². The van der Waals surface area contributed by atoms with Crippen molar-refractivity contribution in [2.24, 2.45) is 5.14 Å². The van der Waals surface area contributed by atoms with Crippen molar-refractivity contribution in [1.82, 2.24) is 4.72 Å². The van der Waals surface area contributed by atoms with Crippen LogP contribution >= 0.6 is 0 Å². The first-order valence-corrected chi connectivity index (χ1v) is 6.03. The van der Waals surface area contributed by atoms with Crippen molar-refractivity contribution < 1.29 is 18.3 Å². The van der Waals surface area contributed by atoms with Gasteiger partial charge >= 0.3 is 5.97 Å². The molecule has 0 saturated carbocycles. The first-order chi connectivity index (χ1) is 7.38. The number of hydrogen-bond acceptors (Lipinski definition) is 3. The molecule has 0 atom stereocenters. The van der Waals surface area contributed by atoms with E-state index < -0.39 is 16.2 Å². The number of carboxylic acids is 1. The molecule has 16 heavy (non-hydrogen) atoms. The third-order valence-corrected chi connectivity index (χ3v) is 2.50. The van der Waals surface area contributed by atoms with Gasteiger partial charge in [-0.05, 0) is 24.1 Å². The van der Waals surface area contributed by atoms with Crippen molar-refractivity contribution in [3.05, 3.63) is 35.4 Å². The topological polar surface area (TPSA) is 109 Å². The van der Waals surface area contributed by atoms with Gasteiger partial charge in [-0.3, -0.25) is 0 Å². The molecule has 4 N–H and O–H groups in total. The van der Waals surface area contributed by atoms with Crippen LogP contribution in [0.1, 0.15) is 15.9 Å². The molecule has 0 bridgehead atoms. The van der Waals surface area contributed by atoms with Gasteiger partial charge in [-0.15, -0.1) is 0 Å². The van der Waals surface area contributed by atoms with Gasteiger partial charge in [-0.25, -0.2) is 14.7 Å². The summed E-state index contributed by atoms with van der Waals surface area (Å²) in [6, 6.07) is 6.29. The van der Waals surface area contributed by atoms with E-state index in [0.717, 1.165) is 5.56 Å². The number of benzene rings is 1. The molecule has 6 nitrogen and oxygen atoms in total. The fraction of sp³-hybridized carbons (Fsp3) is 0.222. The van der Waals surface area contributed by atoms with Crippen molar-refractivity contribution in [3.8, 4) is 0 Å². The SMILES string of the molecule is NS(=O)(=O)NCCc1cccc(C(=O)O)c1. The third-order valence-electron chi connectivity index (χ3n) is 1.89. The predicted molar refractivity (Wildman–Crippen MR) is 58.2 cm³/mol. The second-order valence-electron chi connectivity index (χ2n) is 3.19. The molecule has 0 unspecified atom stereocenters. The van der Waals surface area contributed by atoms with Crippen LogP contribution in [0.5, 0.6) is 0 Å². The summed E-state index contributed by atoms with van der Waals surface area (Å²) in [7, 11) is -3.69. The largest absolute Gasteiger partial charge is 0.478 e. The molecule has 0 aliphatic rings. The van der Waals surface area contributed by atoms with Crippen LogP contribution in [0.4, 0.5) is 0 Å². The van der Waals surface area contributed by atoms with Crippen molar-refractivity contribution in [3.63, 3.8) is 0 Å². The molecular weight excluding hydrogens is 232 g/mol. The van der Waals surface area contributed by atoms with E-state index in [1.807, 2.05) is 0 Å². The molecular formula is C9H12N2O4S. The van der Waals surface area contributed by atoms with E-state index in [2.05, 4.69) is 4.72 Å². The highest BCUT2D eigenvalue weighted by molar-refractivity contribution is 7.87. The predicted octanol–water partition coefficient (Wildman–Crippen LogP) is -0.280. The van der Waals surface area contributed by atoms with E-state index in [4.69, 9.17) is 10.2 Å². The third kappa shape index (κ3) is 4.39. The van der Waals surface area contributed by atoms with Gasteiger partial charge in [0.15, 0.2) is 0 Å². The van der Waals surface area contributed by atoms with Crippen molar-refractivity contribution in [2.75, 3.05) is 6.54 Å². The molecule has 1 rings (SSSR count). The van der Waals surface area contributed by atoms with Crippen molar-refractivity contribution in [1.29, 1.82) is 0 Å². The zero-order valence-corrected chi connectivity index (χ0v) is 9.20. The van der Waals surface area contributed by atoms with Crippen LogP contribution in [-0.2, 0) is 16.6 Å². The van der Waals surface area contributed by atoms with Gasteiger partial charge in [-0.2, -0.15) is 8.42 Å². The van der Waals surface area contributed by atoms with Gasteiger partial charge in [0.2, 0.25) is 0 Å². The lowest BCUT2D eigenvalue weighted by atomic mass is 10.1. The molecule has 0 fully saturated rings. The zero-order valence-electron chi connectivity index (χ0n) is 8.38. The Morgan fingerprint density at radius 1 is 1.44 bits per heavy atom. The number of rotatable bonds is 5. The number of aromatic carboxylic acids is 1. The summed E-state index contributed by atoms with van der Waals surface area (Å²) < 4.78 is 23.3. The van der Waals surface area contributed by atoms with Crippen molar-refractivity contribution in [2.45, 2.75) is 6.42 Å². The van der Waals surface area contributed by atoms with Crippen LogP contribution in [0.2, 0.25) is 0 Å². The van der Waals surface area contributed by atoms with Gasteiger partial charge in [-0.1, -0.05) is 12.1 Å². The van der Waals surface area contributed by atoms with Crippen LogP contribution in [0, 0.1) is 0 Å². The molecule has 0 heterocycles. The average molecular weight is 244 g/mol. The summed E-state index contributed by atoms with van der Waals surface area (Å²) in [5.41, 5.74) is 0.907. The van der Waals surface area contributed by atoms with E-state index in [9.17, 15) is 13.2 Å². The van der Waals surface area contributed by atoms with E-state index in [1.54, 1.807) is 12.1 Å². The summed E-state index contributed by atoms with van der Waals surface area (Å²) >= 11 is 0. The molecule has 0 amide bonds. The average Bonchev–Trinajstić information content (AvgIpc) is 2.16. The Labute approximate surface area is 93.3 Å². The maximum atomic E-state index is 10.7. The van der Waals surface area contributed by atoms with E-state index in [-0.39, 0.29) is 12.1 Å². The Balaban J connectivity index is 2.61. The monoisotopic (exact) mass is 244 g/mol. The van der Waals surface area contributed by atoms with Gasteiger partial charge in [0.25, 0.3) is 10.2 Å². The second kappa shape index (κ2) is 5.06. The summed E-state index contributed by atoms with van der Waals surface area (Å²) in [5.74, 6) is -1.01. The van der Waals surface area contributed by atoms with Crippen LogP contribution in [0.25, 0.3) is 0 Å². The van der Waals surface area contributed by atoms with Gasteiger partial charge in [0.05, 0.1) is 5.56 Å². The molecule has 0 radical (unpaired) electrons. The Hall–Kier alpha value is -1.44. The number of hydrogen-bond donors (Lipinski definition) is 3. The lowest BCUT2D eigenvalue weighted by molar-refractivity contribution is 0.0696. The first kappa shape index (κ1) is 12.6. The summed E-state index contributed by atoms with van der Waals surface area (Å²) in [6.07, 6.45) is 0.386. The minimum atomic E-state index is -3.69. The minimum absolute atomic E-state index is 0.141. The van der Waals surface area contributed by atoms with Gasteiger partial charge in [0, 0.05) is 6.54 Å². The molecule has 0 saturated heterocycles. The fourth-order valence-electron chi connectivity index (χ4n) is 1.20. The highest BCUT2D eigenvalue weighted by atomic mass is 32.2. The maximum absolute atomic E-state index is 10.7. The Morgan fingerprint density at radius 3 is 2.69 bits per heavy atom. The minimum Gasteiger partial charge on any atom is -0.478 e. The molecule has 0 aromatic heterocycles. The van der Waals surface area contributed by atoms with Gasteiger partial charge in [0.1, 0.15) is 0 Å². The quantitative estimate of drug-likeness (QED) is 0.661. The highest BCUT2D eigenvalue weighted by Crippen LogP contribution is 2.05. The van der Waals surface area contributed by atoms with Crippen LogP contribution < -0.4 is 9.86 Å². The molecule has 0 spiro atoms. The van der Waals surface area contributed by atoms with Crippen molar-refractivity contribution >= 4 is 16.2 Å². The lowest BCUT2D eigenvalue weighted by Gasteiger charge is -2.03. The Morgan fingerprint density at radius 2 is 2.12 bits per heavy atom. The fourth-order valence-corrected chi connectivity index (χ4v) is 1.58. The number of carboxylic acid groups (broad SMARTS) is 1. The van der Waals surface area contributed by atoms with Crippen LogP contribution in [0.3, 0.4) is 0 Å². The number of carbonyl (C=O) groups is 1. The molecule has 1 aromatic rings. The number of nitrogens with one attached hydrogen (secondary N) is 1. The maximum Gasteiger partial charge on any atom is 0.335 e. The summed E-state index contributed by atoms with van der Waals surface area (Å²) in [4.78, 5) is 10.7. The zero-order chi connectivity index (χ0) is 12.2. The standard InChI is InChI=1S/C9H12N2O4S/c10-16(14,15)11-5-4-7-2-1-3-8(6-7)9(12)13/h1-3,6,11H,4-5H2,(H,12,13)(H2,10,14,15). The molecule has 88 valence electrons. The molecule has 7 heteroatoms. The lowest BCUT2D eigenvalue weighted by Crippen LogP contribution is -2.32. The first-order valence-electron chi connectivity index (χ1n) is 4.48. The van der Waals surface area contributed by atoms with Crippen LogP contribution in [0.15, 0.2) is 24.3 Å². The molecule has 0 aliphatic heterocycles. The summed E-state index contributed by atoms with van der Waals surface area (Å²) in [6.45, 7) is 0.141. The van der Waals surface area contributed by atoms with Crippen LogP contribution in [-0.4, -0.2) is 26.0 Å². The van der Waals surface area contributed by atoms with E-state index in [0.29, 0.717) is 6.42 Å². The molecule has 0 aliphatic carbocycles. The normalized spacial score (nSPS) is 11.3. The Kier molecular flexibility index (Phi) is 3.99. The van der Waals surface area contributed by atoms with Gasteiger partial charge < -0.3 is 5.11 Å². The van der Waals surface area contributed by atoms with E-state index in [1.165, 1.54) is 12.1 Å². The highest BCUT2D eigenvalue weighted by Gasteiger charge is 2.04. The molecule has 1 aromatic carbocycles. The summed E-state index contributed by atoms with van der Waals surface area (Å²) in [5, 5.41) is 13.5. The smallest absolute Gasteiger partial charge is 0.335 e. The second-order valence-corrected chi connectivity index (χ2v) is 4.57.